The van der Waals surface area contributed by atoms with Crippen molar-refractivity contribution in [1.29, 1.82) is 5.26 Å². The molecular formula is C20H25F2N. The van der Waals surface area contributed by atoms with E-state index in [4.69, 9.17) is 5.26 Å². The van der Waals surface area contributed by atoms with Crippen LogP contribution in [0.25, 0.3) is 0 Å². The molecule has 1 saturated carbocycles. The Balaban J connectivity index is 1.71. The van der Waals surface area contributed by atoms with E-state index >= 15 is 0 Å². The smallest absolute Gasteiger partial charge is 0.141 e. The molecule has 1 nitrogen and oxygen atoms in total. The van der Waals surface area contributed by atoms with Gasteiger partial charge < -0.3 is 0 Å². The van der Waals surface area contributed by atoms with Crippen molar-refractivity contribution in [3.05, 3.63) is 47.5 Å². The van der Waals surface area contributed by atoms with E-state index in [1.807, 2.05) is 12.1 Å². The molecule has 23 heavy (non-hydrogen) atoms. The highest BCUT2D eigenvalue weighted by Crippen LogP contribution is 2.38. The van der Waals surface area contributed by atoms with Crippen LogP contribution in [0.4, 0.5) is 8.78 Å². The summed E-state index contributed by atoms with van der Waals surface area (Å²) in [4.78, 5) is 0. The Morgan fingerprint density at radius 3 is 2.57 bits per heavy atom. The lowest BCUT2D eigenvalue weighted by atomic mass is 9.77. The van der Waals surface area contributed by atoms with Crippen LogP contribution in [0.5, 0.6) is 0 Å². The lowest BCUT2D eigenvalue weighted by Gasteiger charge is -2.29. The van der Waals surface area contributed by atoms with Crippen LogP contribution in [-0.4, -0.2) is 0 Å². The van der Waals surface area contributed by atoms with Gasteiger partial charge in [-0.3, -0.25) is 0 Å². The van der Waals surface area contributed by atoms with Crippen molar-refractivity contribution in [2.75, 3.05) is 0 Å². The van der Waals surface area contributed by atoms with E-state index in [9.17, 15) is 8.78 Å². The SMILES string of the molecule is N#Cc1ccc([C@H]2CC[C@H](CCCCCC=CF)CC2)cc1F. The Bertz CT molecular complexity index is 551. The molecule has 1 aliphatic carbocycles. The Labute approximate surface area is 138 Å². The molecule has 3 heteroatoms. The van der Waals surface area contributed by atoms with Crippen molar-refractivity contribution >= 4 is 0 Å². The highest BCUT2D eigenvalue weighted by Gasteiger charge is 2.22. The van der Waals surface area contributed by atoms with Crippen molar-refractivity contribution in [3.63, 3.8) is 0 Å². The van der Waals surface area contributed by atoms with Gasteiger partial charge in [-0.25, -0.2) is 8.78 Å². The standard InChI is InChI=1S/C20H25F2N/c21-13-5-3-1-2-4-6-16-7-9-17(10-8-16)18-11-12-19(15-23)20(22)14-18/h5,11-14,16-17H,1-4,6-10H2/t16-,17-. The Kier molecular flexibility index (Phi) is 7.26. The summed E-state index contributed by atoms with van der Waals surface area (Å²) in [7, 11) is 0. The molecule has 0 bridgehead atoms. The van der Waals surface area contributed by atoms with E-state index < -0.39 is 5.82 Å². The quantitative estimate of drug-likeness (QED) is 0.533. The van der Waals surface area contributed by atoms with Gasteiger partial charge in [-0.05, 0) is 68.1 Å². The molecule has 1 aromatic carbocycles. The van der Waals surface area contributed by atoms with E-state index in [-0.39, 0.29) is 5.56 Å². The molecule has 0 aromatic heterocycles. The van der Waals surface area contributed by atoms with Gasteiger partial charge in [0.15, 0.2) is 0 Å². The second kappa shape index (κ2) is 9.45. The highest BCUT2D eigenvalue weighted by molar-refractivity contribution is 5.34. The van der Waals surface area contributed by atoms with Crippen molar-refractivity contribution in [1.82, 2.24) is 0 Å². The van der Waals surface area contributed by atoms with Crippen molar-refractivity contribution in [2.24, 2.45) is 5.92 Å². The molecule has 0 radical (unpaired) electrons. The summed E-state index contributed by atoms with van der Waals surface area (Å²) in [6.45, 7) is 0. The van der Waals surface area contributed by atoms with Gasteiger partial charge in [0.25, 0.3) is 0 Å². The molecule has 0 aliphatic heterocycles. The molecule has 0 amide bonds. The minimum absolute atomic E-state index is 0.130. The fourth-order valence-corrected chi connectivity index (χ4v) is 3.60. The highest BCUT2D eigenvalue weighted by atomic mass is 19.1. The summed E-state index contributed by atoms with van der Waals surface area (Å²) in [5.74, 6) is 0.823. The molecule has 2 rings (SSSR count). The maximum Gasteiger partial charge on any atom is 0.141 e. The van der Waals surface area contributed by atoms with E-state index in [1.165, 1.54) is 32.1 Å². The molecule has 124 valence electrons. The van der Waals surface area contributed by atoms with E-state index in [1.54, 1.807) is 18.2 Å². The fraction of sp³-hybridized carbons (Fsp3) is 0.550. The minimum Gasteiger partial charge on any atom is -0.216 e. The number of rotatable bonds is 7. The topological polar surface area (TPSA) is 23.8 Å². The summed E-state index contributed by atoms with van der Waals surface area (Å²) in [5.41, 5.74) is 1.17. The Morgan fingerprint density at radius 2 is 1.91 bits per heavy atom. The third-order valence-corrected chi connectivity index (χ3v) is 5.00. The van der Waals surface area contributed by atoms with Gasteiger partial charge in [-0.15, -0.1) is 0 Å². The van der Waals surface area contributed by atoms with Crippen LogP contribution in [0.3, 0.4) is 0 Å². The van der Waals surface area contributed by atoms with E-state index in [2.05, 4.69) is 0 Å². The largest absolute Gasteiger partial charge is 0.216 e. The first kappa shape index (κ1) is 17.7. The number of halogens is 2. The van der Waals surface area contributed by atoms with Gasteiger partial charge in [0.05, 0.1) is 11.9 Å². The molecule has 0 heterocycles. The monoisotopic (exact) mass is 317 g/mol. The first-order valence-electron chi connectivity index (χ1n) is 8.69. The summed E-state index contributed by atoms with van der Waals surface area (Å²) in [5, 5.41) is 8.79. The first-order valence-corrected chi connectivity index (χ1v) is 8.69. The van der Waals surface area contributed by atoms with E-state index in [0.717, 1.165) is 37.2 Å². The van der Waals surface area contributed by atoms with Crippen molar-refractivity contribution in [2.45, 2.75) is 63.7 Å². The molecule has 1 aromatic rings. The summed E-state index contributed by atoms with van der Waals surface area (Å²) in [6, 6.07) is 6.92. The average Bonchev–Trinajstić information content (AvgIpc) is 2.58. The fourth-order valence-electron chi connectivity index (χ4n) is 3.60. The van der Waals surface area contributed by atoms with Gasteiger partial charge in [-0.1, -0.05) is 31.4 Å². The van der Waals surface area contributed by atoms with E-state index in [0.29, 0.717) is 12.2 Å². The molecule has 0 unspecified atom stereocenters. The van der Waals surface area contributed by atoms with Gasteiger partial charge >= 0.3 is 0 Å². The third-order valence-electron chi connectivity index (χ3n) is 5.00. The number of allylic oxidation sites excluding steroid dienone is 1. The van der Waals surface area contributed by atoms with Crippen LogP contribution >= 0.6 is 0 Å². The van der Waals surface area contributed by atoms with Crippen molar-refractivity contribution < 1.29 is 8.78 Å². The summed E-state index contributed by atoms with van der Waals surface area (Å²) in [6.07, 6.45) is 12.4. The maximum atomic E-state index is 13.7. The number of nitriles is 1. The Hall–Kier alpha value is -1.69. The second-order valence-corrected chi connectivity index (χ2v) is 6.57. The number of benzene rings is 1. The predicted octanol–water partition coefficient (Wildman–Crippen LogP) is 6.40. The number of hydrogen-bond donors (Lipinski definition) is 0. The zero-order valence-electron chi connectivity index (χ0n) is 13.6. The lowest BCUT2D eigenvalue weighted by molar-refractivity contribution is 0.302. The maximum absolute atomic E-state index is 13.7. The Morgan fingerprint density at radius 1 is 1.13 bits per heavy atom. The first-order chi connectivity index (χ1) is 11.2. The van der Waals surface area contributed by atoms with Gasteiger partial charge in [0.2, 0.25) is 0 Å². The molecule has 0 N–H and O–H groups in total. The van der Waals surface area contributed by atoms with Crippen LogP contribution in [0.15, 0.2) is 30.6 Å². The van der Waals surface area contributed by atoms with Crippen LogP contribution in [0.1, 0.15) is 74.8 Å². The van der Waals surface area contributed by atoms with Crippen LogP contribution in [-0.2, 0) is 0 Å². The number of nitrogens with zero attached hydrogens (tertiary/aromatic N) is 1. The number of hydrogen-bond acceptors (Lipinski definition) is 1. The predicted molar refractivity (Wildman–Crippen MR) is 89.1 cm³/mol. The lowest BCUT2D eigenvalue weighted by Crippen LogP contribution is -2.13. The van der Waals surface area contributed by atoms with Gasteiger partial charge in [0, 0.05) is 0 Å². The number of unbranched alkanes of at least 4 members (excludes halogenated alkanes) is 3. The molecule has 1 aliphatic rings. The van der Waals surface area contributed by atoms with Gasteiger partial charge in [-0.2, -0.15) is 5.26 Å². The zero-order valence-corrected chi connectivity index (χ0v) is 13.6. The minimum atomic E-state index is -0.394. The summed E-state index contributed by atoms with van der Waals surface area (Å²) < 4.78 is 25.5. The van der Waals surface area contributed by atoms with Gasteiger partial charge in [0.1, 0.15) is 11.9 Å². The molecule has 1 fully saturated rings. The van der Waals surface area contributed by atoms with Crippen LogP contribution in [0, 0.1) is 23.1 Å². The zero-order chi connectivity index (χ0) is 16.5. The molecule has 0 saturated heterocycles. The summed E-state index contributed by atoms with van der Waals surface area (Å²) >= 11 is 0. The molecule has 0 spiro atoms. The van der Waals surface area contributed by atoms with Crippen LogP contribution < -0.4 is 0 Å². The molecular weight excluding hydrogens is 292 g/mol. The normalized spacial score (nSPS) is 21.4. The molecule has 0 atom stereocenters. The second-order valence-electron chi connectivity index (χ2n) is 6.57. The van der Waals surface area contributed by atoms with Crippen LogP contribution in [0.2, 0.25) is 0 Å². The third kappa shape index (κ3) is 5.46. The van der Waals surface area contributed by atoms with Crippen molar-refractivity contribution in [3.8, 4) is 6.07 Å². The average molecular weight is 317 g/mol.